The lowest BCUT2D eigenvalue weighted by molar-refractivity contribution is 0.0527. The van der Waals surface area contributed by atoms with E-state index < -0.39 is 11.9 Å². The van der Waals surface area contributed by atoms with Crippen LogP contribution in [0.2, 0.25) is 0 Å². The Kier molecular flexibility index (Phi) is 6.22. The van der Waals surface area contributed by atoms with Gasteiger partial charge in [-0.15, -0.1) is 0 Å². The predicted octanol–water partition coefficient (Wildman–Crippen LogP) is 4.43. The van der Waals surface area contributed by atoms with Gasteiger partial charge in [0.2, 0.25) is 0 Å². The summed E-state index contributed by atoms with van der Waals surface area (Å²) in [6, 6.07) is 20.6. The fourth-order valence-electron chi connectivity index (χ4n) is 3.59. The molecule has 0 atom stereocenters. The van der Waals surface area contributed by atoms with Gasteiger partial charge >= 0.3 is 5.97 Å². The third-order valence-electron chi connectivity index (χ3n) is 5.17. The summed E-state index contributed by atoms with van der Waals surface area (Å²) in [5.41, 5.74) is 1.15. The molecule has 0 fully saturated rings. The molecule has 7 nitrogen and oxygen atoms in total. The molecular weight excluding hydrogens is 420 g/mol. The second-order valence-electron chi connectivity index (χ2n) is 7.19. The molecule has 0 spiro atoms. The maximum absolute atomic E-state index is 13.4. The number of fused-ring (bicyclic) bond motifs is 1. The Labute approximate surface area is 190 Å². The first-order chi connectivity index (χ1) is 16.0. The number of nitrogens with one attached hydrogen (secondary N) is 1. The number of rotatable bonds is 6. The quantitative estimate of drug-likeness (QED) is 0.447. The average Bonchev–Trinajstić information content (AvgIpc) is 2.85. The van der Waals surface area contributed by atoms with Crippen LogP contribution < -0.4 is 15.6 Å². The van der Waals surface area contributed by atoms with Crippen molar-refractivity contribution < 1.29 is 19.1 Å². The van der Waals surface area contributed by atoms with Crippen LogP contribution in [-0.2, 0) is 4.74 Å². The molecule has 166 valence electrons. The van der Waals surface area contributed by atoms with Crippen LogP contribution in [0.3, 0.4) is 0 Å². The summed E-state index contributed by atoms with van der Waals surface area (Å²) in [6.45, 7) is 1.93. The third kappa shape index (κ3) is 4.34. The van der Waals surface area contributed by atoms with Crippen LogP contribution >= 0.6 is 0 Å². The summed E-state index contributed by atoms with van der Waals surface area (Å²) in [7, 11) is 1.54. The molecule has 0 saturated carbocycles. The molecule has 0 aliphatic carbocycles. The number of hydrogen-bond acceptors (Lipinski definition) is 5. The van der Waals surface area contributed by atoms with Gasteiger partial charge in [-0.1, -0.05) is 36.4 Å². The lowest BCUT2D eigenvalue weighted by Gasteiger charge is -2.14. The number of methoxy groups -OCH3 is 1. The number of carbonyl (C=O) groups is 2. The van der Waals surface area contributed by atoms with Crippen LogP contribution in [0.15, 0.2) is 83.8 Å². The summed E-state index contributed by atoms with van der Waals surface area (Å²) in [6.07, 6.45) is 1.50. The van der Waals surface area contributed by atoms with Gasteiger partial charge in [-0.05, 0) is 37.3 Å². The fourth-order valence-corrected chi connectivity index (χ4v) is 3.59. The van der Waals surface area contributed by atoms with Gasteiger partial charge in [0.05, 0.1) is 36.2 Å². The molecule has 0 saturated heterocycles. The van der Waals surface area contributed by atoms with Crippen molar-refractivity contribution in [2.75, 3.05) is 19.0 Å². The van der Waals surface area contributed by atoms with Crippen LogP contribution in [0.25, 0.3) is 16.5 Å². The normalized spacial score (nSPS) is 10.6. The largest absolute Gasteiger partial charge is 0.497 e. The number of pyridine rings is 1. The van der Waals surface area contributed by atoms with E-state index in [0.29, 0.717) is 27.9 Å². The van der Waals surface area contributed by atoms with E-state index in [0.717, 1.165) is 0 Å². The van der Waals surface area contributed by atoms with Crippen molar-refractivity contribution in [2.45, 2.75) is 6.92 Å². The highest BCUT2D eigenvalue weighted by molar-refractivity contribution is 6.14. The fraction of sp³-hybridized carbons (Fsp3) is 0.115. The minimum atomic E-state index is -0.528. The molecule has 1 N–H and O–H groups in total. The third-order valence-corrected chi connectivity index (χ3v) is 5.17. The first-order valence-electron chi connectivity index (χ1n) is 10.4. The highest BCUT2D eigenvalue weighted by Gasteiger charge is 2.19. The standard InChI is InChI=1S/C26H22N2O5/c1-3-33-26(31)21-13-6-7-14-23(21)27-24(29)22-16-28(17-9-8-10-18(15-17)32-2)25(30)20-12-5-4-11-19(20)22/h4-16H,3H2,1-2H3,(H,27,29). The van der Waals surface area contributed by atoms with Gasteiger partial charge in [-0.3, -0.25) is 14.2 Å². The van der Waals surface area contributed by atoms with Gasteiger partial charge < -0.3 is 14.8 Å². The Morgan fingerprint density at radius 1 is 0.909 bits per heavy atom. The lowest BCUT2D eigenvalue weighted by atomic mass is 10.1. The topological polar surface area (TPSA) is 86.6 Å². The van der Waals surface area contributed by atoms with Crippen molar-refractivity contribution in [1.82, 2.24) is 4.57 Å². The van der Waals surface area contributed by atoms with E-state index in [-0.39, 0.29) is 23.3 Å². The number of carbonyl (C=O) groups excluding carboxylic acids is 2. The molecule has 0 radical (unpaired) electrons. The smallest absolute Gasteiger partial charge is 0.340 e. The van der Waals surface area contributed by atoms with Gasteiger partial charge in [0.1, 0.15) is 5.75 Å². The second-order valence-corrected chi connectivity index (χ2v) is 7.19. The minimum absolute atomic E-state index is 0.219. The molecule has 0 aliphatic rings. The molecule has 1 amide bonds. The highest BCUT2D eigenvalue weighted by atomic mass is 16.5. The molecule has 0 unspecified atom stereocenters. The van der Waals surface area contributed by atoms with Crippen LogP contribution in [0.4, 0.5) is 5.69 Å². The number of para-hydroxylation sites is 1. The Morgan fingerprint density at radius 2 is 1.64 bits per heavy atom. The number of esters is 1. The molecule has 4 aromatic rings. The zero-order chi connectivity index (χ0) is 23.4. The Balaban J connectivity index is 1.83. The average molecular weight is 442 g/mol. The van der Waals surface area contributed by atoms with Gasteiger partial charge in [-0.2, -0.15) is 0 Å². The SMILES string of the molecule is CCOC(=O)c1ccccc1NC(=O)c1cn(-c2cccc(OC)c2)c(=O)c2ccccc12. The van der Waals surface area contributed by atoms with E-state index >= 15 is 0 Å². The molecular formula is C26H22N2O5. The molecule has 1 heterocycles. The van der Waals surface area contributed by atoms with Crippen molar-refractivity contribution in [1.29, 1.82) is 0 Å². The van der Waals surface area contributed by atoms with Gasteiger partial charge in [0, 0.05) is 23.0 Å². The number of anilines is 1. The highest BCUT2D eigenvalue weighted by Crippen LogP contribution is 2.23. The van der Waals surface area contributed by atoms with Crippen LogP contribution in [0, 0.1) is 0 Å². The van der Waals surface area contributed by atoms with Gasteiger partial charge in [0.25, 0.3) is 11.5 Å². The summed E-state index contributed by atoms with van der Waals surface area (Å²) >= 11 is 0. The maximum Gasteiger partial charge on any atom is 0.340 e. The van der Waals surface area contributed by atoms with E-state index in [1.54, 1.807) is 86.8 Å². The molecule has 4 rings (SSSR count). The predicted molar refractivity (Wildman–Crippen MR) is 126 cm³/mol. The van der Waals surface area contributed by atoms with Crippen molar-refractivity contribution in [2.24, 2.45) is 0 Å². The zero-order valence-electron chi connectivity index (χ0n) is 18.2. The molecule has 7 heteroatoms. The molecule has 33 heavy (non-hydrogen) atoms. The van der Waals surface area contributed by atoms with Gasteiger partial charge in [0.15, 0.2) is 0 Å². The van der Waals surface area contributed by atoms with E-state index in [4.69, 9.17) is 9.47 Å². The number of benzene rings is 3. The first kappa shape index (κ1) is 21.8. The summed E-state index contributed by atoms with van der Waals surface area (Å²) in [4.78, 5) is 38.9. The molecule has 0 bridgehead atoms. The Bertz CT molecular complexity index is 1410. The second kappa shape index (κ2) is 9.40. The summed E-state index contributed by atoms with van der Waals surface area (Å²) in [5.74, 6) is -0.402. The maximum atomic E-state index is 13.4. The summed E-state index contributed by atoms with van der Waals surface area (Å²) in [5, 5.41) is 3.70. The summed E-state index contributed by atoms with van der Waals surface area (Å²) < 4.78 is 11.8. The lowest BCUT2D eigenvalue weighted by Crippen LogP contribution is -2.23. The van der Waals surface area contributed by atoms with Crippen LogP contribution in [0.5, 0.6) is 5.75 Å². The number of hydrogen-bond donors (Lipinski definition) is 1. The molecule has 3 aromatic carbocycles. The van der Waals surface area contributed by atoms with E-state index in [1.165, 1.54) is 10.8 Å². The number of amides is 1. The van der Waals surface area contributed by atoms with Crippen molar-refractivity contribution in [3.8, 4) is 11.4 Å². The van der Waals surface area contributed by atoms with Crippen molar-refractivity contribution in [3.05, 3.63) is 100 Å². The van der Waals surface area contributed by atoms with Crippen LogP contribution in [0.1, 0.15) is 27.6 Å². The van der Waals surface area contributed by atoms with Gasteiger partial charge in [-0.25, -0.2) is 4.79 Å². The number of aromatic nitrogens is 1. The van der Waals surface area contributed by atoms with E-state index in [1.807, 2.05) is 0 Å². The van der Waals surface area contributed by atoms with Crippen molar-refractivity contribution in [3.63, 3.8) is 0 Å². The zero-order valence-corrected chi connectivity index (χ0v) is 18.2. The van der Waals surface area contributed by atoms with E-state index in [9.17, 15) is 14.4 Å². The van der Waals surface area contributed by atoms with Crippen LogP contribution in [-0.4, -0.2) is 30.2 Å². The minimum Gasteiger partial charge on any atom is -0.497 e. The number of nitrogens with zero attached hydrogens (tertiary/aromatic N) is 1. The number of ether oxygens (including phenoxy) is 2. The molecule has 0 aliphatic heterocycles. The Morgan fingerprint density at radius 3 is 2.39 bits per heavy atom. The Hall–Kier alpha value is -4.39. The first-order valence-corrected chi connectivity index (χ1v) is 10.4. The van der Waals surface area contributed by atoms with E-state index in [2.05, 4.69) is 5.32 Å². The molecule has 1 aromatic heterocycles. The monoisotopic (exact) mass is 442 g/mol. The van der Waals surface area contributed by atoms with Crippen molar-refractivity contribution >= 4 is 28.3 Å².